The number of aromatic nitrogens is 2. The fraction of sp³-hybridized carbons (Fsp3) is 0.200. The Hall–Kier alpha value is -3.48. The van der Waals surface area contributed by atoms with Gasteiger partial charge >= 0.3 is 5.97 Å². The lowest BCUT2D eigenvalue weighted by atomic mass is 10.1. The molecule has 0 unspecified atom stereocenters. The van der Waals surface area contributed by atoms with E-state index >= 15 is 0 Å². The van der Waals surface area contributed by atoms with Crippen LogP contribution in [0.1, 0.15) is 11.7 Å². The van der Waals surface area contributed by atoms with Crippen LogP contribution >= 0.6 is 0 Å². The number of carbonyl (C=O) groups excluding carboxylic acids is 2. The second-order valence-electron chi connectivity index (χ2n) is 6.21. The number of likely N-dealkylation sites (N-methyl/N-ethyl adjacent to an activating group) is 1. The summed E-state index contributed by atoms with van der Waals surface area (Å²) in [5.41, 5.74) is 0.776. The molecular weight excluding hydrogens is 346 g/mol. The van der Waals surface area contributed by atoms with Crippen molar-refractivity contribution < 1.29 is 14.3 Å². The predicted molar refractivity (Wildman–Crippen MR) is 100.0 cm³/mol. The third kappa shape index (κ3) is 4.03. The van der Waals surface area contributed by atoms with Crippen molar-refractivity contribution in [3.05, 3.63) is 76.8 Å². The molecule has 0 fully saturated rings. The maximum absolute atomic E-state index is 12.5. The average Bonchev–Trinajstić information content (AvgIpc) is 2.68. The molecule has 0 spiro atoms. The molecule has 0 saturated carbocycles. The Morgan fingerprint density at radius 3 is 2.44 bits per heavy atom. The van der Waals surface area contributed by atoms with Crippen LogP contribution in [0.25, 0.3) is 10.9 Å². The summed E-state index contributed by atoms with van der Waals surface area (Å²) in [6, 6.07) is 15.6. The number of hydrogen-bond donors (Lipinski definition) is 0. The van der Waals surface area contributed by atoms with E-state index in [-0.39, 0.29) is 18.0 Å². The predicted octanol–water partition coefficient (Wildman–Crippen LogP) is 1.77. The second kappa shape index (κ2) is 7.82. The van der Waals surface area contributed by atoms with Crippen LogP contribution in [0.4, 0.5) is 0 Å². The smallest absolute Gasteiger partial charge is 0.327 e. The van der Waals surface area contributed by atoms with E-state index in [4.69, 9.17) is 4.74 Å². The van der Waals surface area contributed by atoms with E-state index in [1.165, 1.54) is 15.8 Å². The van der Waals surface area contributed by atoms with Gasteiger partial charge in [0.2, 0.25) is 6.10 Å². The lowest BCUT2D eigenvalue weighted by Crippen LogP contribution is -2.33. The van der Waals surface area contributed by atoms with Crippen LogP contribution in [-0.2, 0) is 20.9 Å². The summed E-state index contributed by atoms with van der Waals surface area (Å²) >= 11 is 0. The quantitative estimate of drug-likeness (QED) is 0.644. The van der Waals surface area contributed by atoms with Crippen LogP contribution in [0, 0.1) is 0 Å². The number of benzene rings is 2. The monoisotopic (exact) mass is 365 g/mol. The van der Waals surface area contributed by atoms with Crippen LogP contribution in [0.2, 0.25) is 0 Å². The van der Waals surface area contributed by atoms with E-state index in [9.17, 15) is 14.4 Å². The molecule has 138 valence electrons. The Morgan fingerprint density at radius 2 is 1.74 bits per heavy atom. The highest BCUT2D eigenvalue weighted by molar-refractivity contribution is 5.85. The van der Waals surface area contributed by atoms with E-state index in [2.05, 4.69) is 4.98 Å². The minimum Gasteiger partial charge on any atom is -0.446 e. The third-order valence-corrected chi connectivity index (χ3v) is 4.05. The minimum absolute atomic E-state index is 0.333. The highest BCUT2D eigenvalue weighted by Crippen LogP contribution is 2.19. The zero-order chi connectivity index (χ0) is 19.4. The summed E-state index contributed by atoms with van der Waals surface area (Å²) in [6.07, 6.45) is 0.231. The number of hydrogen-bond acceptors (Lipinski definition) is 5. The van der Waals surface area contributed by atoms with Gasteiger partial charge in [0.1, 0.15) is 6.54 Å². The van der Waals surface area contributed by atoms with Crippen LogP contribution in [0.3, 0.4) is 0 Å². The number of esters is 1. The van der Waals surface area contributed by atoms with Crippen LogP contribution in [-0.4, -0.2) is 40.4 Å². The number of carbonyl (C=O) groups is 2. The molecule has 7 nitrogen and oxygen atoms in total. The zero-order valence-electron chi connectivity index (χ0n) is 15.0. The van der Waals surface area contributed by atoms with Crippen molar-refractivity contribution in [3.8, 4) is 0 Å². The first-order valence-corrected chi connectivity index (χ1v) is 8.37. The lowest BCUT2D eigenvalue weighted by molar-refractivity contribution is -0.160. The van der Waals surface area contributed by atoms with E-state index in [1.54, 1.807) is 62.6 Å². The van der Waals surface area contributed by atoms with Crippen molar-refractivity contribution in [2.45, 2.75) is 12.6 Å². The Kier molecular flexibility index (Phi) is 5.30. The Labute approximate surface area is 155 Å². The Bertz CT molecular complexity index is 1030. The van der Waals surface area contributed by atoms with Crippen molar-refractivity contribution in [2.24, 2.45) is 0 Å². The first-order valence-electron chi connectivity index (χ1n) is 8.37. The molecule has 27 heavy (non-hydrogen) atoms. The highest BCUT2D eigenvalue weighted by Gasteiger charge is 2.26. The topological polar surface area (TPSA) is 81.5 Å². The Balaban J connectivity index is 1.84. The summed E-state index contributed by atoms with van der Waals surface area (Å²) in [4.78, 5) is 42.9. The molecule has 3 aromatic rings. The minimum atomic E-state index is -1.07. The number of para-hydroxylation sites is 1. The van der Waals surface area contributed by atoms with Gasteiger partial charge in [-0.1, -0.05) is 42.5 Å². The van der Waals surface area contributed by atoms with Gasteiger partial charge in [-0.3, -0.25) is 19.0 Å². The van der Waals surface area contributed by atoms with Gasteiger partial charge < -0.3 is 9.64 Å². The molecule has 0 radical (unpaired) electrons. The fourth-order valence-corrected chi connectivity index (χ4v) is 2.65. The van der Waals surface area contributed by atoms with Gasteiger partial charge in [-0.2, -0.15) is 0 Å². The summed E-state index contributed by atoms with van der Waals surface area (Å²) < 4.78 is 6.59. The molecule has 1 atom stereocenters. The molecule has 0 bridgehead atoms. The number of fused-ring (bicyclic) bond motifs is 1. The molecular formula is C20H19N3O4. The number of rotatable bonds is 5. The van der Waals surface area contributed by atoms with Crippen molar-refractivity contribution >= 4 is 22.8 Å². The molecule has 0 saturated heterocycles. The number of nitrogens with zero attached hydrogens (tertiary/aromatic N) is 3. The maximum atomic E-state index is 12.5. The van der Waals surface area contributed by atoms with Crippen molar-refractivity contribution in [1.82, 2.24) is 14.5 Å². The van der Waals surface area contributed by atoms with Gasteiger partial charge in [-0.05, 0) is 12.1 Å². The van der Waals surface area contributed by atoms with Crippen molar-refractivity contribution in [3.63, 3.8) is 0 Å². The van der Waals surface area contributed by atoms with E-state index in [1.807, 2.05) is 6.07 Å². The molecule has 1 heterocycles. The summed E-state index contributed by atoms with van der Waals surface area (Å²) in [6.45, 7) is -0.333. The Morgan fingerprint density at radius 1 is 1.07 bits per heavy atom. The largest absolute Gasteiger partial charge is 0.446 e. The molecule has 0 aliphatic carbocycles. The van der Waals surface area contributed by atoms with Gasteiger partial charge in [0.25, 0.3) is 11.5 Å². The third-order valence-electron chi connectivity index (χ3n) is 4.05. The van der Waals surface area contributed by atoms with Crippen LogP contribution in [0.5, 0.6) is 0 Å². The molecule has 1 aromatic heterocycles. The maximum Gasteiger partial charge on any atom is 0.327 e. The summed E-state index contributed by atoms with van der Waals surface area (Å²) in [5.74, 6) is -1.06. The molecule has 0 aliphatic rings. The SMILES string of the molecule is CN(C)C(=O)[C@H](OC(=O)Cn1cnc2ccccc2c1=O)c1ccccc1. The van der Waals surface area contributed by atoms with E-state index < -0.39 is 12.1 Å². The summed E-state index contributed by atoms with van der Waals surface area (Å²) in [5, 5.41) is 0.414. The number of amides is 1. The highest BCUT2D eigenvalue weighted by atomic mass is 16.5. The van der Waals surface area contributed by atoms with E-state index in [0.29, 0.717) is 16.5 Å². The van der Waals surface area contributed by atoms with Gasteiger partial charge in [-0.25, -0.2) is 4.98 Å². The van der Waals surface area contributed by atoms with Gasteiger partial charge in [-0.15, -0.1) is 0 Å². The van der Waals surface area contributed by atoms with Gasteiger partial charge in [0.05, 0.1) is 17.2 Å². The first-order chi connectivity index (χ1) is 13.0. The van der Waals surface area contributed by atoms with Gasteiger partial charge in [0, 0.05) is 19.7 Å². The molecule has 0 N–H and O–H groups in total. The van der Waals surface area contributed by atoms with Crippen LogP contribution < -0.4 is 5.56 Å². The van der Waals surface area contributed by atoms with Crippen molar-refractivity contribution in [1.29, 1.82) is 0 Å². The molecule has 7 heteroatoms. The first kappa shape index (κ1) is 18.3. The van der Waals surface area contributed by atoms with Crippen LogP contribution in [0.15, 0.2) is 65.7 Å². The van der Waals surface area contributed by atoms with Crippen molar-refractivity contribution in [2.75, 3.05) is 14.1 Å². The fourth-order valence-electron chi connectivity index (χ4n) is 2.65. The standard InChI is InChI=1S/C20H19N3O4/c1-22(2)20(26)18(14-8-4-3-5-9-14)27-17(24)12-23-13-21-16-11-7-6-10-15(16)19(23)25/h3-11,13,18H,12H2,1-2H3/t18-/m1/s1. The average molecular weight is 365 g/mol. The summed E-state index contributed by atoms with van der Waals surface area (Å²) in [7, 11) is 3.17. The molecule has 3 rings (SSSR count). The van der Waals surface area contributed by atoms with E-state index in [0.717, 1.165) is 0 Å². The number of ether oxygens (including phenoxy) is 1. The lowest BCUT2D eigenvalue weighted by Gasteiger charge is -2.21. The normalized spacial score (nSPS) is 11.8. The van der Waals surface area contributed by atoms with Gasteiger partial charge in [0.15, 0.2) is 0 Å². The molecule has 0 aliphatic heterocycles. The molecule has 2 aromatic carbocycles. The molecule has 1 amide bonds. The zero-order valence-corrected chi connectivity index (χ0v) is 15.0. The second-order valence-corrected chi connectivity index (χ2v) is 6.21.